The predicted octanol–water partition coefficient (Wildman–Crippen LogP) is 1.14. The number of hydrogen-bond acceptors (Lipinski definition) is 4. The first-order chi connectivity index (χ1) is 9.66. The van der Waals surface area contributed by atoms with Gasteiger partial charge in [-0.2, -0.15) is 0 Å². The number of piperidine rings is 1. The van der Waals surface area contributed by atoms with Crippen molar-refractivity contribution in [1.29, 1.82) is 0 Å². The zero-order valence-corrected chi connectivity index (χ0v) is 13.5. The molecule has 0 aromatic carbocycles. The molecule has 4 heteroatoms. The molecule has 4 nitrogen and oxygen atoms in total. The number of hydrogen-bond donors (Lipinski definition) is 0. The van der Waals surface area contributed by atoms with E-state index in [2.05, 4.69) is 33.6 Å². The fourth-order valence-electron chi connectivity index (χ4n) is 4.24. The van der Waals surface area contributed by atoms with Crippen LogP contribution in [-0.2, 0) is 0 Å². The van der Waals surface area contributed by atoms with Crippen molar-refractivity contribution < 1.29 is 0 Å². The Morgan fingerprint density at radius 1 is 0.800 bits per heavy atom. The molecule has 0 unspecified atom stereocenters. The molecule has 3 aliphatic rings. The van der Waals surface area contributed by atoms with Gasteiger partial charge in [-0.15, -0.1) is 0 Å². The van der Waals surface area contributed by atoms with Gasteiger partial charge in [-0.3, -0.25) is 14.7 Å². The monoisotopic (exact) mass is 280 g/mol. The molecule has 0 aliphatic carbocycles. The number of likely N-dealkylation sites (N-methyl/N-ethyl adjacent to an activating group) is 1. The lowest BCUT2D eigenvalue weighted by molar-refractivity contribution is 0.0198. The van der Waals surface area contributed by atoms with Gasteiger partial charge in [-0.05, 0) is 52.9 Å². The van der Waals surface area contributed by atoms with Crippen LogP contribution in [0.25, 0.3) is 0 Å². The first-order valence-corrected chi connectivity index (χ1v) is 8.54. The van der Waals surface area contributed by atoms with Gasteiger partial charge in [0.2, 0.25) is 0 Å². The molecule has 0 bridgehead atoms. The van der Waals surface area contributed by atoms with Gasteiger partial charge in [0.1, 0.15) is 0 Å². The van der Waals surface area contributed by atoms with Gasteiger partial charge >= 0.3 is 0 Å². The van der Waals surface area contributed by atoms with Gasteiger partial charge in [0.05, 0.1) is 6.67 Å². The Morgan fingerprint density at radius 2 is 1.45 bits per heavy atom. The molecule has 3 aliphatic heterocycles. The second-order valence-electron chi connectivity index (χ2n) is 7.41. The van der Waals surface area contributed by atoms with Crippen LogP contribution in [0.1, 0.15) is 32.6 Å². The van der Waals surface area contributed by atoms with E-state index in [9.17, 15) is 0 Å². The highest BCUT2D eigenvalue weighted by atomic mass is 15.4. The van der Waals surface area contributed by atoms with Crippen molar-refractivity contribution >= 4 is 0 Å². The first-order valence-electron chi connectivity index (χ1n) is 8.54. The van der Waals surface area contributed by atoms with Gasteiger partial charge in [-0.1, -0.05) is 6.42 Å². The lowest BCUT2D eigenvalue weighted by Gasteiger charge is -2.45. The van der Waals surface area contributed by atoms with Crippen LogP contribution in [0, 0.1) is 0 Å². The number of nitrogens with zero attached hydrogens (tertiary/aromatic N) is 4. The van der Waals surface area contributed by atoms with E-state index < -0.39 is 0 Å². The van der Waals surface area contributed by atoms with E-state index in [1.54, 1.807) is 0 Å². The highest BCUT2D eigenvalue weighted by Gasteiger charge is 2.38. The summed E-state index contributed by atoms with van der Waals surface area (Å²) in [7, 11) is 2.26. The highest BCUT2D eigenvalue weighted by Crippen LogP contribution is 2.27. The molecule has 0 saturated carbocycles. The molecule has 3 rings (SSSR count). The van der Waals surface area contributed by atoms with Gasteiger partial charge in [0, 0.05) is 38.3 Å². The summed E-state index contributed by atoms with van der Waals surface area (Å²) in [6, 6.07) is 0. The molecular weight excluding hydrogens is 248 g/mol. The Balaban J connectivity index is 1.44. The van der Waals surface area contributed by atoms with Crippen molar-refractivity contribution in [3.8, 4) is 0 Å². The average Bonchev–Trinajstić information content (AvgIpc) is 2.81. The third-order valence-electron chi connectivity index (χ3n) is 5.63. The number of piperazine rings is 1. The highest BCUT2D eigenvalue weighted by molar-refractivity contribution is 4.96. The van der Waals surface area contributed by atoms with Gasteiger partial charge in [0.15, 0.2) is 0 Å². The van der Waals surface area contributed by atoms with Crippen LogP contribution in [0.5, 0.6) is 0 Å². The van der Waals surface area contributed by atoms with Crippen LogP contribution in [0.4, 0.5) is 0 Å². The van der Waals surface area contributed by atoms with Crippen LogP contribution in [0.2, 0.25) is 0 Å². The molecule has 116 valence electrons. The Labute approximate surface area is 124 Å². The summed E-state index contributed by atoms with van der Waals surface area (Å²) < 4.78 is 0. The summed E-state index contributed by atoms with van der Waals surface area (Å²) in [6.07, 6.45) is 5.60. The molecule has 3 fully saturated rings. The van der Waals surface area contributed by atoms with E-state index in [0.717, 1.165) is 0 Å². The molecule has 20 heavy (non-hydrogen) atoms. The second-order valence-corrected chi connectivity index (χ2v) is 7.41. The third-order valence-corrected chi connectivity index (χ3v) is 5.63. The van der Waals surface area contributed by atoms with E-state index in [1.807, 2.05) is 0 Å². The zero-order valence-electron chi connectivity index (χ0n) is 13.5. The lowest BCUT2D eigenvalue weighted by Crippen LogP contribution is -2.58. The maximum absolute atomic E-state index is 2.75. The van der Waals surface area contributed by atoms with Gasteiger partial charge in [-0.25, -0.2) is 0 Å². The van der Waals surface area contributed by atoms with E-state index >= 15 is 0 Å². The molecule has 0 aromatic heterocycles. The van der Waals surface area contributed by atoms with Crippen LogP contribution < -0.4 is 0 Å². The Hall–Kier alpha value is -0.160. The van der Waals surface area contributed by atoms with E-state index in [4.69, 9.17) is 0 Å². The van der Waals surface area contributed by atoms with Crippen molar-refractivity contribution in [3.05, 3.63) is 0 Å². The van der Waals surface area contributed by atoms with Crippen molar-refractivity contribution in [3.63, 3.8) is 0 Å². The normalized spacial score (nSPS) is 35.7. The maximum atomic E-state index is 2.75. The van der Waals surface area contributed by atoms with Crippen LogP contribution in [0.3, 0.4) is 0 Å². The van der Waals surface area contributed by atoms with E-state index in [1.165, 1.54) is 84.7 Å². The van der Waals surface area contributed by atoms with Gasteiger partial charge in [0.25, 0.3) is 0 Å². The van der Waals surface area contributed by atoms with Crippen LogP contribution >= 0.6 is 0 Å². The largest absolute Gasteiger partial charge is 0.304 e. The lowest BCUT2D eigenvalue weighted by atomic mass is 9.98. The van der Waals surface area contributed by atoms with Crippen LogP contribution in [-0.4, -0.2) is 91.2 Å². The SMILES string of the molecule is CN1CC[C@](C)(N2CCN(CN3CCCCC3)CC2)C1. The summed E-state index contributed by atoms with van der Waals surface area (Å²) in [5.74, 6) is 0. The number of likely N-dealkylation sites (tertiary alicyclic amines) is 2. The summed E-state index contributed by atoms with van der Waals surface area (Å²) in [4.78, 5) is 10.6. The molecule has 0 aromatic rings. The average molecular weight is 280 g/mol. The fraction of sp³-hybridized carbons (Fsp3) is 1.00. The van der Waals surface area contributed by atoms with E-state index in [0.29, 0.717) is 5.54 Å². The Kier molecular flexibility index (Phi) is 4.65. The molecule has 3 saturated heterocycles. The molecule has 0 spiro atoms. The number of rotatable bonds is 3. The quantitative estimate of drug-likeness (QED) is 0.768. The predicted molar refractivity (Wildman–Crippen MR) is 84.0 cm³/mol. The maximum Gasteiger partial charge on any atom is 0.0507 e. The van der Waals surface area contributed by atoms with Crippen molar-refractivity contribution in [2.24, 2.45) is 0 Å². The molecule has 3 heterocycles. The Bertz CT molecular complexity index is 308. The van der Waals surface area contributed by atoms with Crippen LogP contribution in [0.15, 0.2) is 0 Å². The van der Waals surface area contributed by atoms with Crippen molar-refractivity contribution in [1.82, 2.24) is 19.6 Å². The molecule has 0 amide bonds. The third kappa shape index (κ3) is 3.35. The topological polar surface area (TPSA) is 13.0 Å². The molecule has 1 atom stereocenters. The fourth-order valence-corrected chi connectivity index (χ4v) is 4.24. The standard InChI is InChI=1S/C16H32N4/c1-16(6-9-17(2)14-16)20-12-10-19(11-13-20)15-18-7-4-3-5-8-18/h3-15H2,1-2H3/t16-/m0/s1. The van der Waals surface area contributed by atoms with Gasteiger partial charge < -0.3 is 4.90 Å². The molecule has 0 radical (unpaired) electrons. The summed E-state index contributed by atoms with van der Waals surface area (Å²) in [5, 5.41) is 0. The minimum atomic E-state index is 0.436. The molecular formula is C16H32N4. The van der Waals surface area contributed by atoms with E-state index in [-0.39, 0.29) is 0 Å². The summed E-state index contributed by atoms with van der Waals surface area (Å²) >= 11 is 0. The second kappa shape index (κ2) is 6.30. The smallest absolute Gasteiger partial charge is 0.0507 e. The summed E-state index contributed by atoms with van der Waals surface area (Å²) in [5.41, 5.74) is 0.436. The van der Waals surface area contributed by atoms with Crippen molar-refractivity contribution in [2.75, 3.05) is 66.1 Å². The minimum Gasteiger partial charge on any atom is -0.304 e. The molecule has 0 N–H and O–H groups in total. The van der Waals surface area contributed by atoms with Crippen molar-refractivity contribution in [2.45, 2.75) is 38.1 Å². The minimum absolute atomic E-state index is 0.436. The summed E-state index contributed by atoms with van der Waals surface area (Å²) in [6.45, 7) is 13.9. The first kappa shape index (κ1) is 14.8. The Morgan fingerprint density at radius 3 is 2.05 bits per heavy atom. The zero-order chi connectivity index (χ0) is 14.0.